The van der Waals surface area contributed by atoms with Gasteiger partial charge in [0.2, 0.25) is 5.91 Å². The number of rotatable bonds is 5. The number of carbonyl (C=O) groups is 2. The Kier molecular flexibility index (Phi) is 6.24. The molecule has 1 aliphatic heterocycles. The van der Waals surface area contributed by atoms with E-state index in [1.54, 1.807) is 0 Å². The van der Waals surface area contributed by atoms with E-state index in [2.05, 4.69) is 6.92 Å². The van der Waals surface area contributed by atoms with Crippen molar-refractivity contribution in [3.8, 4) is 0 Å². The maximum absolute atomic E-state index is 12.6. The second-order valence-corrected chi connectivity index (χ2v) is 6.93. The van der Waals surface area contributed by atoms with E-state index >= 15 is 0 Å². The summed E-state index contributed by atoms with van der Waals surface area (Å²) in [5.74, 6) is 0.456. The summed E-state index contributed by atoms with van der Waals surface area (Å²) < 4.78 is 6.12. The molecule has 2 rings (SSSR count). The van der Waals surface area contributed by atoms with Crippen molar-refractivity contribution < 1.29 is 14.3 Å². The summed E-state index contributed by atoms with van der Waals surface area (Å²) in [7, 11) is 0. The minimum Gasteiger partial charge on any atom is -0.369 e. The molecule has 126 valence electrons. The molecule has 1 saturated heterocycles. The first-order chi connectivity index (χ1) is 10.5. The van der Waals surface area contributed by atoms with Gasteiger partial charge < -0.3 is 15.4 Å². The molecule has 3 atom stereocenters. The number of nitrogens with zero attached hydrogens (tertiary/aromatic N) is 1. The normalized spacial score (nSPS) is 28.4. The third-order valence-electron chi connectivity index (χ3n) is 5.10. The van der Waals surface area contributed by atoms with Gasteiger partial charge in [-0.25, -0.2) is 0 Å². The minimum atomic E-state index is -0.333. The maximum atomic E-state index is 12.6. The Balaban J connectivity index is 1.85. The molecule has 0 bridgehead atoms. The second kappa shape index (κ2) is 7.95. The van der Waals surface area contributed by atoms with E-state index in [-0.39, 0.29) is 29.9 Å². The highest BCUT2D eigenvalue weighted by Crippen LogP contribution is 2.27. The fourth-order valence-corrected chi connectivity index (χ4v) is 3.65. The van der Waals surface area contributed by atoms with Gasteiger partial charge in [-0.15, -0.1) is 0 Å². The highest BCUT2D eigenvalue weighted by atomic mass is 16.5. The standard InChI is InChI=1S/C17H30N2O3/c1-3-15(22-14-6-4-5-12(2)11-14)17(21)19-9-7-13(8-10-19)16(18)20/h12-15H,3-11H2,1-2H3,(H2,18,20). The van der Waals surface area contributed by atoms with E-state index in [9.17, 15) is 9.59 Å². The number of nitrogens with two attached hydrogens (primary N) is 1. The molecule has 1 heterocycles. The van der Waals surface area contributed by atoms with Gasteiger partial charge in [0.15, 0.2) is 0 Å². The number of amides is 2. The molecule has 0 radical (unpaired) electrons. The number of piperidine rings is 1. The van der Waals surface area contributed by atoms with E-state index in [1.165, 1.54) is 12.8 Å². The summed E-state index contributed by atoms with van der Waals surface area (Å²) in [4.78, 5) is 25.7. The van der Waals surface area contributed by atoms with E-state index in [1.807, 2.05) is 11.8 Å². The van der Waals surface area contributed by atoms with Crippen LogP contribution in [-0.2, 0) is 14.3 Å². The number of carbonyl (C=O) groups excluding carboxylic acids is 2. The molecule has 5 heteroatoms. The zero-order valence-corrected chi connectivity index (χ0v) is 13.9. The Morgan fingerprint density at radius 2 is 1.91 bits per heavy atom. The Bertz CT molecular complexity index is 391. The van der Waals surface area contributed by atoms with Crippen LogP contribution in [0.1, 0.15) is 58.8 Å². The number of ether oxygens (including phenoxy) is 1. The molecule has 2 amide bonds. The first-order valence-corrected chi connectivity index (χ1v) is 8.74. The lowest BCUT2D eigenvalue weighted by molar-refractivity contribution is -0.152. The zero-order chi connectivity index (χ0) is 16.1. The molecule has 0 aromatic rings. The second-order valence-electron chi connectivity index (χ2n) is 6.93. The van der Waals surface area contributed by atoms with Crippen LogP contribution in [0.5, 0.6) is 0 Å². The molecule has 0 aromatic heterocycles. The van der Waals surface area contributed by atoms with Gasteiger partial charge in [0.25, 0.3) is 5.91 Å². The van der Waals surface area contributed by atoms with Gasteiger partial charge in [-0.1, -0.05) is 26.7 Å². The van der Waals surface area contributed by atoms with Crippen LogP contribution in [0.15, 0.2) is 0 Å². The van der Waals surface area contributed by atoms with Gasteiger partial charge in [0.05, 0.1) is 6.10 Å². The molecular weight excluding hydrogens is 280 g/mol. The molecule has 2 aliphatic rings. The predicted molar refractivity (Wildman–Crippen MR) is 85.1 cm³/mol. The van der Waals surface area contributed by atoms with Crippen LogP contribution in [-0.4, -0.2) is 42.0 Å². The van der Waals surface area contributed by atoms with Crippen molar-refractivity contribution in [1.82, 2.24) is 4.90 Å². The number of likely N-dealkylation sites (tertiary alicyclic amines) is 1. The smallest absolute Gasteiger partial charge is 0.251 e. The van der Waals surface area contributed by atoms with Crippen LogP contribution in [0, 0.1) is 11.8 Å². The summed E-state index contributed by atoms with van der Waals surface area (Å²) in [6.45, 7) is 5.50. The lowest BCUT2D eigenvalue weighted by Crippen LogP contribution is -2.47. The van der Waals surface area contributed by atoms with Crippen LogP contribution >= 0.6 is 0 Å². The first-order valence-electron chi connectivity index (χ1n) is 8.74. The minimum absolute atomic E-state index is 0.0794. The Labute approximate surface area is 133 Å². The summed E-state index contributed by atoms with van der Waals surface area (Å²) in [5, 5.41) is 0. The van der Waals surface area contributed by atoms with Crippen LogP contribution < -0.4 is 5.73 Å². The van der Waals surface area contributed by atoms with Crippen LogP contribution in [0.2, 0.25) is 0 Å². The summed E-state index contributed by atoms with van der Waals surface area (Å²) in [5.41, 5.74) is 5.34. The number of hydrogen-bond donors (Lipinski definition) is 1. The Morgan fingerprint density at radius 1 is 1.23 bits per heavy atom. The van der Waals surface area contributed by atoms with E-state index < -0.39 is 0 Å². The van der Waals surface area contributed by atoms with E-state index in [0.717, 1.165) is 12.8 Å². The van der Waals surface area contributed by atoms with Gasteiger partial charge in [-0.2, -0.15) is 0 Å². The molecule has 3 unspecified atom stereocenters. The van der Waals surface area contributed by atoms with Crippen molar-refractivity contribution in [2.75, 3.05) is 13.1 Å². The van der Waals surface area contributed by atoms with Crippen molar-refractivity contribution in [3.05, 3.63) is 0 Å². The lowest BCUT2D eigenvalue weighted by Gasteiger charge is -2.35. The molecule has 2 N–H and O–H groups in total. The zero-order valence-electron chi connectivity index (χ0n) is 13.9. The Morgan fingerprint density at radius 3 is 2.45 bits per heavy atom. The summed E-state index contributed by atoms with van der Waals surface area (Å²) >= 11 is 0. The fourth-order valence-electron chi connectivity index (χ4n) is 3.65. The SMILES string of the molecule is CCC(OC1CCCC(C)C1)C(=O)N1CCC(C(N)=O)CC1. The quantitative estimate of drug-likeness (QED) is 0.845. The van der Waals surface area contributed by atoms with Gasteiger partial charge in [-0.3, -0.25) is 9.59 Å². The largest absolute Gasteiger partial charge is 0.369 e. The van der Waals surface area contributed by atoms with Crippen LogP contribution in [0.25, 0.3) is 0 Å². The lowest BCUT2D eigenvalue weighted by atomic mass is 9.88. The van der Waals surface area contributed by atoms with Crippen LogP contribution in [0.4, 0.5) is 0 Å². The van der Waals surface area contributed by atoms with Crippen molar-refractivity contribution in [1.29, 1.82) is 0 Å². The van der Waals surface area contributed by atoms with E-state index in [0.29, 0.717) is 38.3 Å². The van der Waals surface area contributed by atoms with Crippen LogP contribution in [0.3, 0.4) is 0 Å². The molecule has 5 nitrogen and oxygen atoms in total. The van der Waals surface area contributed by atoms with Crippen molar-refractivity contribution in [2.24, 2.45) is 17.6 Å². The number of hydrogen-bond acceptors (Lipinski definition) is 3. The molecule has 2 fully saturated rings. The maximum Gasteiger partial charge on any atom is 0.251 e. The average molecular weight is 310 g/mol. The molecular formula is C17H30N2O3. The monoisotopic (exact) mass is 310 g/mol. The first kappa shape index (κ1) is 17.3. The van der Waals surface area contributed by atoms with Gasteiger partial charge >= 0.3 is 0 Å². The van der Waals surface area contributed by atoms with Crippen molar-refractivity contribution in [3.63, 3.8) is 0 Å². The van der Waals surface area contributed by atoms with Gasteiger partial charge in [0.1, 0.15) is 6.10 Å². The topological polar surface area (TPSA) is 72.6 Å². The molecule has 22 heavy (non-hydrogen) atoms. The highest BCUT2D eigenvalue weighted by Gasteiger charge is 2.31. The third kappa shape index (κ3) is 4.45. The molecule has 0 spiro atoms. The molecule has 0 aromatic carbocycles. The predicted octanol–water partition coefficient (Wildman–Crippen LogP) is 2.08. The van der Waals surface area contributed by atoms with Gasteiger partial charge in [-0.05, 0) is 38.0 Å². The summed E-state index contributed by atoms with van der Waals surface area (Å²) in [6, 6.07) is 0. The summed E-state index contributed by atoms with van der Waals surface area (Å²) in [6.07, 6.45) is 6.55. The molecule has 1 aliphatic carbocycles. The molecule has 1 saturated carbocycles. The highest BCUT2D eigenvalue weighted by molar-refractivity contribution is 5.82. The van der Waals surface area contributed by atoms with E-state index in [4.69, 9.17) is 10.5 Å². The van der Waals surface area contributed by atoms with Crippen molar-refractivity contribution >= 4 is 11.8 Å². The van der Waals surface area contributed by atoms with Gasteiger partial charge in [0, 0.05) is 19.0 Å². The number of primary amides is 1. The third-order valence-corrected chi connectivity index (χ3v) is 5.10. The van der Waals surface area contributed by atoms with Crippen molar-refractivity contribution in [2.45, 2.75) is 71.0 Å². The Hall–Kier alpha value is -1.10. The fraction of sp³-hybridized carbons (Fsp3) is 0.882. The average Bonchev–Trinajstić information content (AvgIpc) is 2.52.